The molecular weight excluding hydrogens is 378 g/mol. The fraction of sp³-hybridized carbons (Fsp3) is 0.238. The number of carbonyl (C=O) groups is 1. The number of methoxy groups -OCH3 is 2. The summed E-state index contributed by atoms with van der Waals surface area (Å²) >= 11 is 0. The summed E-state index contributed by atoms with van der Waals surface area (Å²) in [4.78, 5) is 23.3. The smallest absolute Gasteiger partial charge is 0.323 e. The van der Waals surface area contributed by atoms with Gasteiger partial charge in [-0.15, -0.1) is 0 Å². The minimum absolute atomic E-state index is 0.302. The zero-order valence-corrected chi connectivity index (χ0v) is 16.0. The Labute approximate surface area is 166 Å². The largest absolute Gasteiger partial charge is 0.493 e. The number of aliphatic hydroxyl groups excluding tert-OH is 2. The molecule has 8 nitrogen and oxygen atoms in total. The summed E-state index contributed by atoms with van der Waals surface area (Å²) in [6.07, 6.45) is 1.39. The van der Waals surface area contributed by atoms with E-state index in [4.69, 9.17) is 14.6 Å². The second-order valence-corrected chi connectivity index (χ2v) is 6.41. The summed E-state index contributed by atoms with van der Waals surface area (Å²) in [7, 11) is 3.02. The van der Waals surface area contributed by atoms with Gasteiger partial charge in [0.15, 0.2) is 11.5 Å². The molecule has 1 heterocycles. The Hall–Kier alpha value is -3.36. The van der Waals surface area contributed by atoms with E-state index in [1.165, 1.54) is 26.5 Å². The third-order valence-corrected chi connectivity index (χ3v) is 4.76. The summed E-state index contributed by atoms with van der Waals surface area (Å²) in [5.74, 6) is -0.148. The first kappa shape index (κ1) is 20.4. The molecule has 0 aliphatic heterocycles. The highest BCUT2D eigenvalue weighted by molar-refractivity contribution is 6.01. The highest BCUT2D eigenvalue weighted by Gasteiger charge is 2.18. The number of carboxylic acids is 1. The molecule has 3 N–H and O–H groups in total. The molecule has 0 spiro atoms. The first-order valence-corrected chi connectivity index (χ1v) is 8.78. The molecule has 2 aromatic carbocycles. The molecule has 152 valence electrons. The minimum atomic E-state index is -1.12. The summed E-state index contributed by atoms with van der Waals surface area (Å²) in [6.45, 7) is -1.11. The fourth-order valence-corrected chi connectivity index (χ4v) is 3.42. The van der Waals surface area contributed by atoms with Crippen LogP contribution in [-0.4, -0.2) is 40.1 Å². The lowest BCUT2D eigenvalue weighted by molar-refractivity contribution is -0.137. The van der Waals surface area contributed by atoms with E-state index in [-0.39, 0.29) is 13.2 Å². The van der Waals surface area contributed by atoms with Gasteiger partial charge in [0.25, 0.3) is 5.56 Å². The van der Waals surface area contributed by atoms with E-state index in [0.717, 1.165) is 9.95 Å². The number of pyridine rings is 1. The third kappa shape index (κ3) is 3.80. The van der Waals surface area contributed by atoms with Gasteiger partial charge in [-0.2, -0.15) is 0 Å². The number of hydrogen-bond donors (Lipinski definition) is 3. The molecule has 0 saturated heterocycles. The van der Waals surface area contributed by atoms with Gasteiger partial charge in [0.05, 0.1) is 27.4 Å². The highest BCUT2D eigenvalue weighted by atomic mass is 16.5. The molecular formula is C21H21NO7. The predicted molar refractivity (Wildman–Crippen MR) is 106 cm³/mol. The molecule has 0 unspecified atom stereocenters. The monoisotopic (exact) mass is 399 g/mol. The molecule has 8 heteroatoms. The zero-order valence-electron chi connectivity index (χ0n) is 16.0. The molecule has 0 fully saturated rings. The molecule has 1 aromatic heterocycles. The van der Waals surface area contributed by atoms with Crippen molar-refractivity contribution in [2.45, 2.75) is 19.8 Å². The standard InChI is InChI=1S/C21H21NO7/c1-28-17-6-13-5-14(10-23)16(11-24)21(15(13)8-18(17)29-2)12-3-4-22(9-20(26)27)19(25)7-12/h3-8,23-24H,9-11H2,1-2H3,(H,26,27). The van der Waals surface area contributed by atoms with Crippen LogP contribution < -0.4 is 15.0 Å². The highest BCUT2D eigenvalue weighted by Crippen LogP contribution is 2.40. The van der Waals surface area contributed by atoms with Gasteiger partial charge in [-0.25, -0.2) is 0 Å². The van der Waals surface area contributed by atoms with Crippen LogP contribution in [0.4, 0.5) is 0 Å². The number of aliphatic carboxylic acids is 1. The molecule has 29 heavy (non-hydrogen) atoms. The topological polar surface area (TPSA) is 118 Å². The third-order valence-electron chi connectivity index (χ3n) is 4.76. The average molecular weight is 399 g/mol. The van der Waals surface area contributed by atoms with Crippen LogP contribution in [0.5, 0.6) is 11.5 Å². The van der Waals surface area contributed by atoms with Crippen molar-refractivity contribution in [1.82, 2.24) is 4.57 Å². The van der Waals surface area contributed by atoms with E-state index >= 15 is 0 Å². The Morgan fingerprint density at radius 3 is 2.28 bits per heavy atom. The number of rotatable bonds is 7. The number of benzene rings is 2. The maximum Gasteiger partial charge on any atom is 0.323 e. The van der Waals surface area contributed by atoms with E-state index in [0.29, 0.717) is 39.1 Å². The molecule has 0 amide bonds. The molecule has 0 aliphatic rings. The zero-order chi connectivity index (χ0) is 21.1. The van der Waals surface area contributed by atoms with Gasteiger partial charge in [-0.1, -0.05) is 0 Å². The van der Waals surface area contributed by atoms with Crippen molar-refractivity contribution in [3.8, 4) is 22.6 Å². The number of aromatic nitrogens is 1. The predicted octanol–water partition coefficient (Wildman–Crippen LogP) is 1.75. The van der Waals surface area contributed by atoms with Crippen LogP contribution in [-0.2, 0) is 24.6 Å². The van der Waals surface area contributed by atoms with Crippen LogP contribution in [0.1, 0.15) is 11.1 Å². The van der Waals surface area contributed by atoms with Crippen LogP contribution >= 0.6 is 0 Å². The van der Waals surface area contributed by atoms with Gasteiger partial charge in [-0.05, 0) is 57.3 Å². The SMILES string of the molecule is COc1cc2cc(CO)c(CO)c(-c3ccn(CC(=O)O)c(=O)c3)c2cc1OC. The van der Waals surface area contributed by atoms with Gasteiger partial charge in [0.2, 0.25) is 0 Å². The number of fused-ring (bicyclic) bond motifs is 1. The second-order valence-electron chi connectivity index (χ2n) is 6.41. The van der Waals surface area contributed by atoms with Crippen LogP contribution in [0, 0.1) is 0 Å². The van der Waals surface area contributed by atoms with Gasteiger partial charge in [0, 0.05) is 12.3 Å². The van der Waals surface area contributed by atoms with Crippen molar-refractivity contribution in [2.75, 3.05) is 14.2 Å². The van der Waals surface area contributed by atoms with Gasteiger partial charge in [-0.3, -0.25) is 9.59 Å². The van der Waals surface area contributed by atoms with Crippen molar-refractivity contribution < 1.29 is 29.6 Å². The number of ether oxygens (including phenoxy) is 2. The Kier molecular flexibility index (Phi) is 5.86. The molecule has 3 rings (SSSR count). The van der Waals surface area contributed by atoms with Gasteiger partial charge >= 0.3 is 5.97 Å². The van der Waals surface area contributed by atoms with E-state index in [1.807, 2.05) is 0 Å². The molecule has 0 saturated carbocycles. The first-order chi connectivity index (χ1) is 13.9. The van der Waals surface area contributed by atoms with E-state index in [2.05, 4.69) is 0 Å². The van der Waals surface area contributed by atoms with Crippen LogP contribution in [0.25, 0.3) is 21.9 Å². The minimum Gasteiger partial charge on any atom is -0.493 e. The van der Waals surface area contributed by atoms with Crippen molar-refractivity contribution in [1.29, 1.82) is 0 Å². The number of aliphatic hydroxyl groups is 2. The maximum atomic E-state index is 12.4. The Bertz CT molecular complexity index is 1130. The summed E-state index contributed by atoms with van der Waals surface area (Å²) < 4.78 is 11.8. The number of hydrogen-bond acceptors (Lipinski definition) is 6. The van der Waals surface area contributed by atoms with E-state index in [9.17, 15) is 19.8 Å². The summed E-state index contributed by atoms with van der Waals surface area (Å²) in [6, 6.07) is 8.17. The van der Waals surface area contributed by atoms with Crippen molar-refractivity contribution in [2.24, 2.45) is 0 Å². The molecule has 0 radical (unpaired) electrons. The van der Waals surface area contributed by atoms with Gasteiger partial charge < -0.3 is 29.4 Å². The number of carboxylic acid groups (broad SMARTS) is 1. The van der Waals surface area contributed by atoms with Crippen molar-refractivity contribution in [3.05, 3.63) is 58.0 Å². The quantitative estimate of drug-likeness (QED) is 0.554. The van der Waals surface area contributed by atoms with E-state index < -0.39 is 18.1 Å². The molecule has 3 aromatic rings. The lowest BCUT2D eigenvalue weighted by Crippen LogP contribution is -2.22. The second kappa shape index (κ2) is 8.34. The number of nitrogens with zero attached hydrogens (tertiary/aromatic N) is 1. The average Bonchev–Trinajstić information content (AvgIpc) is 2.72. The Balaban J connectivity index is 2.36. The lowest BCUT2D eigenvalue weighted by Gasteiger charge is -2.18. The van der Waals surface area contributed by atoms with Gasteiger partial charge in [0.1, 0.15) is 6.54 Å². The van der Waals surface area contributed by atoms with Crippen molar-refractivity contribution >= 4 is 16.7 Å². The first-order valence-electron chi connectivity index (χ1n) is 8.78. The normalized spacial score (nSPS) is 10.9. The van der Waals surface area contributed by atoms with E-state index in [1.54, 1.807) is 24.3 Å². The molecule has 0 bridgehead atoms. The fourth-order valence-electron chi connectivity index (χ4n) is 3.42. The molecule has 0 atom stereocenters. The maximum absolute atomic E-state index is 12.4. The van der Waals surface area contributed by atoms with Crippen LogP contribution in [0.15, 0.2) is 41.3 Å². The Morgan fingerprint density at radius 2 is 1.72 bits per heavy atom. The summed E-state index contributed by atoms with van der Waals surface area (Å²) in [5.41, 5.74) is 1.55. The van der Waals surface area contributed by atoms with Crippen LogP contribution in [0.3, 0.4) is 0 Å². The molecule has 0 aliphatic carbocycles. The Morgan fingerprint density at radius 1 is 1.03 bits per heavy atom. The van der Waals surface area contributed by atoms with Crippen molar-refractivity contribution in [3.63, 3.8) is 0 Å². The van der Waals surface area contributed by atoms with Crippen LogP contribution in [0.2, 0.25) is 0 Å². The lowest BCUT2D eigenvalue weighted by atomic mass is 9.90. The summed E-state index contributed by atoms with van der Waals surface area (Å²) in [5, 5.41) is 30.2.